The maximum absolute atomic E-state index is 4.85. The fraction of sp³-hybridized carbons (Fsp3) is 0. The Bertz CT molecular complexity index is 3.61. The summed E-state index contributed by atoms with van der Waals surface area (Å²) in [7, 11) is 9.71. The topological polar surface area (TPSA) is 0 Å². The molecule has 38 valence electrons. The van der Waals surface area contributed by atoms with Crippen molar-refractivity contribution in [3.05, 3.63) is 0 Å². The van der Waals surface area contributed by atoms with Gasteiger partial charge < -0.3 is 0 Å². The molecular weight excluding hydrogens is 243 g/mol. The zero-order valence-electron chi connectivity index (χ0n) is 1.93. The van der Waals surface area contributed by atoms with Crippen LogP contribution < -0.4 is 0 Å². The van der Waals surface area contributed by atoms with E-state index in [2.05, 4.69) is 0 Å². The van der Waals surface area contributed by atoms with Crippen LogP contribution in [0, 0.1) is 0 Å². The summed E-state index contributed by atoms with van der Waals surface area (Å²) < 4.78 is 0. The van der Waals surface area contributed by atoms with Gasteiger partial charge in [-0.1, -0.05) is 0 Å². The van der Waals surface area contributed by atoms with Crippen LogP contribution in [-0.4, -0.2) is 0 Å². The van der Waals surface area contributed by atoms with Crippen LogP contribution in [0.25, 0.3) is 0 Å². The third kappa shape index (κ3) is 26.0. The Balaban J connectivity index is -0.0000000200. The van der Waals surface area contributed by atoms with Gasteiger partial charge in [0, 0.05) is 0 Å². The molecule has 0 nitrogen and oxygen atoms in total. The Morgan fingerprint density at radius 3 is 1.00 bits per heavy atom. The second-order valence-electron chi connectivity index (χ2n) is 0.0505. The van der Waals surface area contributed by atoms with Crippen molar-refractivity contribution in [2.24, 2.45) is 0 Å². The SMILES string of the molecule is Cl.Cl.[Cl][Ru][Cl]. The van der Waals surface area contributed by atoms with Crippen molar-refractivity contribution < 1.29 is 15.1 Å². The van der Waals surface area contributed by atoms with Crippen molar-refractivity contribution in [1.29, 1.82) is 0 Å². The monoisotopic (exact) mass is 244 g/mol. The van der Waals surface area contributed by atoms with Gasteiger partial charge in [-0.25, -0.2) is 0 Å². The van der Waals surface area contributed by atoms with Gasteiger partial charge in [-0.05, 0) is 0 Å². The minimum absolute atomic E-state index is 0. The molecule has 0 unspecified atom stereocenters. The molecule has 0 atom stereocenters. The molecule has 0 saturated heterocycles. The molecule has 0 heterocycles. The predicted molar refractivity (Wildman–Crippen MR) is 26.2 cm³/mol. The summed E-state index contributed by atoms with van der Waals surface area (Å²) in [6.45, 7) is 0. The molecule has 5 heteroatoms. The molecule has 0 aliphatic heterocycles. The van der Waals surface area contributed by atoms with Gasteiger partial charge in [-0.3, -0.25) is 0 Å². The molecule has 0 bridgehead atoms. The first-order valence-electron chi connectivity index (χ1n) is 0.267. The number of hydrogen-bond acceptors (Lipinski definition) is 0. The average molecular weight is 245 g/mol. The summed E-state index contributed by atoms with van der Waals surface area (Å²) in [6.07, 6.45) is 0. The van der Waals surface area contributed by atoms with Gasteiger partial charge >= 0.3 is 34.5 Å². The molecule has 0 N–H and O–H groups in total. The van der Waals surface area contributed by atoms with Gasteiger partial charge in [0.1, 0.15) is 0 Å². The van der Waals surface area contributed by atoms with E-state index in [9.17, 15) is 0 Å². The van der Waals surface area contributed by atoms with Crippen LogP contribution in [0.4, 0.5) is 0 Å². The molecule has 0 fully saturated rings. The van der Waals surface area contributed by atoms with Crippen LogP contribution in [-0.2, 0) is 15.1 Å². The van der Waals surface area contributed by atoms with Crippen molar-refractivity contribution in [2.75, 3.05) is 0 Å². The minimum atomic E-state index is -0.346. The zero-order chi connectivity index (χ0) is 2.71. The Hall–Kier alpha value is 1.78. The maximum atomic E-state index is 4.85. The Morgan fingerprint density at radius 1 is 1.00 bits per heavy atom. The molecule has 0 rings (SSSR count). The van der Waals surface area contributed by atoms with Crippen molar-refractivity contribution in [2.45, 2.75) is 0 Å². The van der Waals surface area contributed by atoms with E-state index < -0.39 is 0 Å². The summed E-state index contributed by atoms with van der Waals surface area (Å²) in [5.74, 6) is 0. The summed E-state index contributed by atoms with van der Waals surface area (Å²) in [4.78, 5) is 0. The first-order chi connectivity index (χ1) is 1.41. The number of halogens is 4. The first-order valence-corrected chi connectivity index (χ1v) is 4.74. The molecule has 0 aromatic carbocycles. The fourth-order valence-corrected chi connectivity index (χ4v) is 0. The predicted octanol–water partition coefficient (Wildman–Crippen LogP) is 2.22. The van der Waals surface area contributed by atoms with Crippen LogP contribution in [0.2, 0.25) is 0 Å². The van der Waals surface area contributed by atoms with E-state index in [1.807, 2.05) is 0 Å². The van der Waals surface area contributed by atoms with Crippen LogP contribution in [0.3, 0.4) is 0 Å². The van der Waals surface area contributed by atoms with E-state index in [0.29, 0.717) is 0 Å². The third-order valence-corrected chi connectivity index (χ3v) is 0. The van der Waals surface area contributed by atoms with Gasteiger partial charge in [0.15, 0.2) is 0 Å². The molecular formula is H2Cl4Ru. The van der Waals surface area contributed by atoms with Gasteiger partial charge in [-0.2, -0.15) is 0 Å². The van der Waals surface area contributed by atoms with Crippen molar-refractivity contribution in [1.82, 2.24) is 0 Å². The van der Waals surface area contributed by atoms with E-state index in [4.69, 9.17) is 19.4 Å². The Morgan fingerprint density at radius 2 is 1.00 bits per heavy atom. The van der Waals surface area contributed by atoms with Gasteiger partial charge in [0.25, 0.3) is 0 Å². The van der Waals surface area contributed by atoms with E-state index in [1.165, 1.54) is 0 Å². The molecule has 0 aliphatic carbocycles. The summed E-state index contributed by atoms with van der Waals surface area (Å²) in [5.41, 5.74) is 0. The van der Waals surface area contributed by atoms with E-state index in [-0.39, 0.29) is 40.0 Å². The van der Waals surface area contributed by atoms with E-state index in [0.717, 1.165) is 0 Å². The van der Waals surface area contributed by atoms with Crippen molar-refractivity contribution in [3.63, 3.8) is 0 Å². The molecule has 0 aliphatic rings. The summed E-state index contributed by atoms with van der Waals surface area (Å²) in [5, 5.41) is 0. The Kier molecular flexibility index (Phi) is 54.1. The summed E-state index contributed by atoms with van der Waals surface area (Å²) >= 11 is -0.346. The standard InChI is InChI=1S/4ClH.Ru/h4*1H;/q;;;;+2/p-2. The normalized spacial score (nSPS) is 4.40. The number of hydrogen-bond donors (Lipinski definition) is 0. The van der Waals surface area contributed by atoms with Gasteiger partial charge in [-0.15, -0.1) is 24.8 Å². The molecule has 0 aromatic heterocycles. The molecule has 5 heavy (non-hydrogen) atoms. The van der Waals surface area contributed by atoms with Gasteiger partial charge in [0.2, 0.25) is 0 Å². The molecule has 0 amide bonds. The fourth-order valence-electron chi connectivity index (χ4n) is 0. The van der Waals surface area contributed by atoms with Crippen LogP contribution in [0.5, 0.6) is 0 Å². The van der Waals surface area contributed by atoms with Crippen LogP contribution in [0.15, 0.2) is 0 Å². The van der Waals surface area contributed by atoms with E-state index in [1.54, 1.807) is 0 Å². The number of rotatable bonds is 0. The first kappa shape index (κ1) is 15.9. The molecule has 0 spiro atoms. The van der Waals surface area contributed by atoms with Crippen LogP contribution in [0.1, 0.15) is 0 Å². The second kappa shape index (κ2) is 17.1. The molecule has 0 aromatic rings. The van der Waals surface area contributed by atoms with Crippen molar-refractivity contribution >= 4 is 44.2 Å². The zero-order valence-corrected chi connectivity index (χ0v) is 6.81. The van der Waals surface area contributed by atoms with Gasteiger partial charge in [0.05, 0.1) is 0 Å². The second-order valence-corrected chi connectivity index (χ2v) is 2.69. The summed E-state index contributed by atoms with van der Waals surface area (Å²) in [6, 6.07) is 0. The van der Waals surface area contributed by atoms with Crippen molar-refractivity contribution in [3.8, 4) is 0 Å². The molecule has 0 saturated carbocycles. The quantitative estimate of drug-likeness (QED) is 0.574. The molecule has 0 radical (unpaired) electrons. The van der Waals surface area contributed by atoms with E-state index >= 15 is 0 Å². The third-order valence-electron chi connectivity index (χ3n) is 0. The van der Waals surface area contributed by atoms with Crippen LogP contribution >= 0.6 is 44.2 Å². The Labute approximate surface area is 59.1 Å². The average Bonchev–Trinajstić information content (AvgIpc) is 0.918.